The largest absolute Gasteiger partial charge is 0.480 e. The van der Waals surface area contributed by atoms with Gasteiger partial charge in [0.05, 0.1) is 12.7 Å². The maximum Gasteiger partial charge on any atom is 0.323 e. The molecule has 2 aliphatic rings. The molecule has 2 heterocycles. The first-order valence-corrected chi connectivity index (χ1v) is 4.34. The number of nitrogens with zero attached hydrogens (tertiary/aromatic N) is 1. The topological polar surface area (TPSA) is 49.8 Å². The zero-order valence-electron chi connectivity index (χ0n) is 7.06. The molecule has 0 spiro atoms. The fourth-order valence-electron chi connectivity index (χ4n) is 2.29. The fraction of sp³-hybridized carbons (Fsp3) is 0.875. The van der Waals surface area contributed by atoms with E-state index in [1.807, 2.05) is 11.8 Å². The SMILES string of the molecule is CCN1C2COC(C2)C1C(=O)O. The average Bonchev–Trinajstić information content (AvgIpc) is 2.60. The summed E-state index contributed by atoms with van der Waals surface area (Å²) in [7, 11) is 0. The maximum absolute atomic E-state index is 10.8. The molecule has 1 N–H and O–H groups in total. The number of hydrogen-bond donors (Lipinski definition) is 1. The second-order valence-corrected chi connectivity index (χ2v) is 3.37. The number of likely N-dealkylation sites (tertiary alicyclic amines) is 1. The highest BCUT2D eigenvalue weighted by molar-refractivity contribution is 5.75. The molecule has 4 nitrogen and oxygen atoms in total. The van der Waals surface area contributed by atoms with Gasteiger partial charge in [-0.25, -0.2) is 0 Å². The van der Waals surface area contributed by atoms with Gasteiger partial charge in [-0.1, -0.05) is 6.92 Å². The maximum atomic E-state index is 10.8. The Morgan fingerprint density at radius 3 is 3.00 bits per heavy atom. The third-order valence-electron chi connectivity index (χ3n) is 2.80. The number of hydrogen-bond acceptors (Lipinski definition) is 3. The Labute approximate surface area is 71.1 Å². The molecule has 0 radical (unpaired) electrons. The standard InChI is InChI=1S/C8H13NO3/c1-2-9-5-3-6(12-4-5)7(9)8(10)11/h5-7H,2-4H2,1H3,(H,10,11). The third kappa shape index (κ3) is 0.949. The lowest BCUT2D eigenvalue weighted by Crippen LogP contribution is -2.49. The Hall–Kier alpha value is -0.610. The number of carboxylic acid groups (broad SMARTS) is 1. The van der Waals surface area contributed by atoms with Gasteiger partial charge in [0, 0.05) is 6.04 Å². The summed E-state index contributed by atoms with van der Waals surface area (Å²) in [6.07, 6.45) is 0.831. The molecule has 0 amide bonds. The molecular formula is C8H13NO3. The van der Waals surface area contributed by atoms with Gasteiger partial charge < -0.3 is 9.84 Å². The van der Waals surface area contributed by atoms with Crippen LogP contribution in [0.25, 0.3) is 0 Å². The van der Waals surface area contributed by atoms with Gasteiger partial charge in [0.1, 0.15) is 6.04 Å². The molecule has 2 rings (SSSR count). The van der Waals surface area contributed by atoms with Gasteiger partial charge in [0.2, 0.25) is 0 Å². The number of carboxylic acids is 1. The van der Waals surface area contributed by atoms with E-state index < -0.39 is 12.0 Å². The third-order valence-corrected chi connectivity index (χ3v) is 2.80. The molecule has 2 saturated heterocycles. The predicted molar refractivity (Wildman–Crippen MR) is 41.9 cm³/mol. The van der Waals surface area contributed by atoms with Gasteiger partial charge in [-0.05, 0) is 13.0 Å². The normalized spacial score (nSPS) is 40.6. The van der Waals surface area contributed by atoms with Crippen molar-refractivity contribution in [3.63, 3.8) is 0 Å². The number of rotatable bonds is 2. The minimum Gasteiger partial charge on any atom is -0.480 e. The zero-order valence-corrected chi connectivity index (χ0v) is 7.06. The van der Waals surface area contributed by atoms with Crippen molar-refractivity contribution in [3.8, 4) is 0 Å². The molecule has 4 heteroatoms. The molecule has 2 aliphatic heterocycles. The molecule has 2 fully saturated rings. The number of morpholine rings is 1. The molecule has 3 unspecified atom stereocenters. The van der Waals surface area contributed by atoms with E-state index in [9.17, 15) is 4.79 Å². The van der Waals surface area contributed by atoms with Gasteiger partial charge in [0.15, 0.2) is 0 Å². The summed E-state index contributed by atoms with van der Waals surface area (Å²) in [5.41, 5.74) is 0. The minimum atomic E-state index is -0.746. The Morgan fingerprint density at radius 2 is 2.50 bits per heavy atom. The van der Waals surface area contributed by atoms with Crippen LogP contribution < -0.4 is 0 Å². The van der Waals surface area contributed by atoms with E-state index in [0.717, 1.165) is 13.0 Å². The Bertz CT molecular complexity index is 206. The van der Waals surface area contributed by atoms with Crippen molar-refractivity contribution in [2.45, 2.75) is 31.5 Å². The van der Waals surface area contributed by atoms with Crippen molar-refractivity contribution in [3.05, 3.63) is 0 Å². The lowest BCUT2D eigenvalue weighted by molar-refractivity contribution is -0.150. The van der Waals surface area contributed by atoms with Crippen LogP contribution in [0.15, 0.2) is 0 Å². The van der Waals surface area contributed by atoms with E-state index in [2.05, 4.69) is 0 Å². The molecule has 0 aromatic carbocycles. The van der Waals surface area contributed by atoms with Crippen molar-refractivity contribution in [2.24, 2.45) is 0 Å². The molecule has 0 aromatic rings. The minimum absolute atomic E-state index is 0.0625. The molecule has 0 aliphatic carbocycles. The van der Waals surface area contributed by atoms with Crippen LogP contribution in [-0.2, 0) is 9.53 Å². The summed E-state index contributed by atoms with van der Waals surface area (Å²) < 4.78 is 5.34. The lowest BCUT2D eigenvalue weighted by Gasteiger charge is -2.31. The molecule has 2 bridgehead atoms. The highest BCUT2D eigenvalue weighted by Gasteiger charge is 2.49. The second kappa shape index (κ2) is 2.71. The summed E-state index contributed by atoms with van der Waals surface area (Å²) in [5, 5.41) is 8.92. The predicted octanol–water partition coefficient (Wildman–Crippen LogP) is -0.0674. The van der Waals surface area contributed by atoms with Crippen LogP contribution in [-0.4, -0.2) is 47.3 Å². The molecule has 68 valence electrons. The van der Waals surface area contributed by atoms with Gasteiger partial charge in [-0.3, -0.25) is 9.69 Å². The molecule has 12 heavy (non-hydrogen) atoms. The molecule has 0 saturated carbocycles. The van der Waals surface area contributed by atoms with Gasteiger partial charge >= 0.3 is 5.97 Å². The van der Waals surface area contributed by atoms with Crippen LogP contribution in [0, 0.1) is 0 Å². The smallest absolute Gasteiger partial charge is 0.323 e. The monoisotopic (exact) mass is 171 g/mol. The number of ether oxygens (including phenoxy) is 1. The van der Waals surface area contributed by atoms with Crippen molar-refractivity contribution < 1.29 is 14.6 Å². The quantitative estimate of drug-likeness (QED) is 0.632. The number of fused-ring (bicyclic) bond motifs is 2. The van der Waals surface area contributed by atoms with Crippen LogP contribution in [0.5, 0.6) is 0 Å². The van der Waals surface area contributed by atoms with Gasteiger partial charge in [-0.15, -0.1) is 0 Å². The van der Waals surface area contributed by atoms with Crippen LogP contribution in [0.1, 0.15) is 13.3 Å². The van der Waals surface area contributed by atoms with E-state index >= 15 is 0 Å². The molecule has 0 aromatic heterocycles. The first-order chi connectivity index (χ1) is 5.74. The van der Waals surface area contributed by atoms with Crippen LogP contribution in [0.2, 0.25) is 0 Å². The first-order valence-electron chi connectivity index (χ1n) is 4.34. The van der Waals surface area contributed by atoms with Gasteiger partial charge in [0.25, 0.3) is 0 Å². The van der Waals surface area contributed by atoms with E-state index in [0.29, 0.717) is 12.6 Å². The second-order valence-electron chi connectivity index (χ2n) is 3.37. The number of likely N-dealkylation sites (N-methyl/N-ethyl adjacent to an activating group) is 1. The van der Waals surface area contributed by atoms with Crippen LogP contribution in [0.3, 0.4) is 0 Å². The van der Waals surface area contributed by atoms with E-state index in [-0.39, 0.29) is 6.10 Å². The molecular weight excluding hydrogens is 158 g/mol. The molecule has 3 atom stereocenters. The summed E-state index contributed by atoms with van der Waals surface area (Å²) in [5.74, 6) is -0.746. The summed E-state index contributed by atoms with van der Waals surface area (Å²) in [4.78, 5) is 12.9. The first kappa shape index (κ1) is 8.01. The fourth-order valence-corrected chi connectivity index (χ4v) is 2.29. The van der Waals surface area contributed by atoms with Crippen molar-refractivity contribution >= 4 is 5.97 Å². The Balaban J connectivity index is 2.16. The van der Waals surface area contributed by atoms with E-state index in [1.54, 1.807) is 0 Å². The Morgan fingerprint density at radius 1 is 1.75 bits per heavy atom. The summed E-state index contributed by atoms with van der Waals surface area (Å²) in [6.45, 7) is 3.51. The van der Waals surface area contributed by atoms with Crippen LogP contribution >= 0.6 is 0 Å². The van der Waals surface area contributed by atoms with Crippen molar-refractivity contribution in [1.29, 1.82) is 0 Å². The highest BCUT2D eigenvalue weighted by Crippen LogP contribution is 2.33. The van der Waals surface area contributed by atoms with Crippen molar-refractivity contribution in [2.75, 3.05) is 13.2 Å². The summed E-state index contributed by atoms with van der Waals surface area (Å²) in [6, 6.07) is -0.0464. The van der Waals surface area contributed by atoms with Crippen LogP contribution in [0.4, 0.5) is 0 Å². The lowest BCUT2D eigenvalue weighted by atomic mass is 10.2. The zero-order chi connectivity index (χ0) is 8.72. The highest BCUT2D eigenvalue weighted by atomic mass is 16.5. The number of carbonyl (C=O) groups is 1. The van der Waals surface area contributed by atoms with E-state index in [1.165, 1.54) is 0 Å². The average molecular weight is 171 g/mol. The van der Waals surface area contributed by atoms with E-state index in [4.69, 9.17) is 9.84 Å². The van der Waals surface area contributed by atoms with Crippen molar-refractivity contribution in [1.82, 2.24) is 4.90 Å². The summed E-state index contributed by atoms with van der Waals surface area (Å²) >= 11 is 0. The Kier molecular flexibility index (Phi) is 1.81. The number of aliphatic carboxylic acids is 1. The van der Waals surface area contributed by atoms with Gasteiger partial charge in [-0.2, -0.15) is 0 Å².